The number of fused-ring (bicyclic) bond motifs is 1. The van der Waals surface area contributed by atoms with Crippen molar-refractivity contribution in [2.75, 3.05) is 26.2 Å². The molecule has 0 unspecified atom stereocenters. The van der Waals surface area contributed by atoms with Crippen molar-refractivity contribution in [3.8, 4) is 5.75 Å². The van der Waals surface area contributed by atoms with Crippen molar-refractivity contribution >= 4 is 31.9 Å². The van der Waals surface area contributed by atoms with Crippen LogP contribution in [-0.4, -0.2) is 44.9 Å². The number of nitrogens with zero attached hydrogens (tertiary/aromatic N) is 1. The fraction of sp³-hybridized carbons (Fsp3) is 0.409. The first-order valence-electron chi connectivity index (χ1n) is 10.3. The molecule has 0 atom stereocenters. The summed E-state index contributed by atoms with van der Waals surface area (Å²) in [7, 11) is -3.57. The Morgan fingerprint density at radius 1 is 1.03 bits per heavy atom. The van der Waals surface area contributed by atoms with Crippen molar-refractivity contribution in [3.63, 3.8) is 0 Å². The molecule has 1 heterocycles. The fourth-order valence-electron chi connectivity index (χ4n) is 3.98. The van der Waals surface area contributed by atoms with E-state index in [0.29, 0.717) is 36.3 Å². The molecule has 8 heteroatoms. The first-order chi connectivity index (χ1) is 14.4. The number of sulfonamides is 1. The summed E-state index contributed by atoms with van der Waals surface area (Å²) in [6, 6.07) is 10.7. The lowest BCUT2D eigenvalue weighted by Gasteiger charge is -2.16. The van der Waals surface area contributed by atoms with E-state index in [1.165, 1.54) is 34.0 Å². The molecule has 0 spiro atoms. The lowest BCUT2D eigenvalue weighted by atomic mass is 10.1. The first-order valence-corrected chi connectivity index (χ1v) is 12.5. The lowest BCUT2D eigenvalue weighted by Crippen LogP contribution is -2.30. The summed E-state index contributed by atoms with van der Waals surface area (Å²) in [4.78, 5) is 12.8. The van der Waals surface area contributed by atoms with E-state index in [9.17, 15) is 13.2 Å². The van der Waals surface area contributed by atoms with E-state index in [1.54, 1.807) is 6.07 Å². The summed E-state index contributed by atoms with van der Waals surface area (Å²) in [5, 5.41) is 2.81. The highest BCUT2D eigenvalue weighted by atomic mass is 79.9. The van der Waals surface area contributed by atoms with Gasteiger partial charge in [0.2, 0.25) is 10.0 Å². The van der Waals surface area contributed by atoms with Gasteiger partial charge in [0.15, 0.2) is 0 Å². The van der Waals surface area contributed by atoms with Crippen LogP contribution in [0.5, 0.6) is 5.75 Å². The molecule has 2 aromatic rings. The zero-order chi connectivity index (χ0) is 21.1. The summed E-state index contributed by atoms with van der Waals surface area (Å²) in [6.07, 6.45) is 5.15. The third-order valence-corrected chi connectivity index (χ3v) is 8.20. The number of benzene rings is 2. The number of hydrogen-bond donors (Lipinski definition) is 1. The molecule has 1 saturated heterocycles. The predicted molar refractivity (Wildman–Crippen MR) is 118 cm³/mol. The molecular weight excluding hydrogens is 468 g/mol. The molecule has 0 radical (unpaired) electrons. The van der Waals surface area contributed by atoms with E-state index in [0.717, 1.165) is 31.4 Å². The Morgan fingerprint density at radius 3 is 2.60 bits per heavy atom. The summed E-state index contributed by atoms with van der Waals surface area (Å²) >= 11 is 3.36. The molecule has 2 aromatic carbocycles. The molecule has 0 aromatic heterocycles. The second-order valence-corrected chi connectivity index (χ2v) is 10.4. The number of amides is 1. The van der Waals surface area contributed by atoms with Crippen LogP contribution in [0.25, 0.3) is 0 Å². The molecule has 0 bridgehead atoms. The molecule has 1 N–H and O–H groups in total. The number of aryl methyl sites for hydroxylation is 2. The van der Waals surface area contributed by atoms with Crippen LogP contribution in [0.4, 0.5) is 0 Å². The van der Waals surface area contributed by atoms with E-state index in [-0.39, 0.29) is 10.8 Å². The number of ether oxygens (including phenoxy) is 1. The summed E-state index contributed by atoms with van der Waals surface area (Å²) < 4.78 is 33.3. The number of halogens is 1. The molecule has 30 heavy (non-hydrogen) atoms. The molecule has 6 nitrogen and oxygen atoms in total. The summed E-state index contributed by atoms with van der Waals surface area (Å²) in [5.41, 5.74) is 3.04. The number of carbonyl (C=O) groups excluding carboxylic acids is 1. The second-order valence-electron chi connectivity index (χ2n) is 7.64. The minimum absolute atomic E-state index is 0.146. The largest absolute Gasteiger partial charge is 0.492 e. The van der Waals surface area contributed by atoms with Gasteiger partial charge in [-0.05, 0) is 89.5 Å². The van der Waals surface area contributed by atoms with Gasteiger partial charge < -0.3 is 10.1 Å². The third kappa shape index (κ3) is 4.55. The summed E-state index contributed by atoms with van der Waals surface area (Å²) in [6.45, 7) is 1.72. The standard InChI is InChI=1S/C22H25BrN2O4S/c23-21-9-8-19(30(27,28)25-11-1-2-12-25)15-20(21)22(26)24-10-13-29-18-7-6-16-4-3-5-17(16)14-18/h6-9,14-15H,1-5,10-13H2,(H,24,26). The Morgan fingerprint density at radius 2 is 1.80 bits per heavy atom. The van der Waals surface area contributed by atoms with Crippen LogP contribution in [0.2, 0.25) is 0 Å². The number of rotatable bonds is 7. The fourth-order valence-corrected chi connectivity index (χ4v) is 5.95. The van der Waals surface area contributed by atoms with Crippen molar-refractivity contribution in [1.82, 2.24) is 9.62 Å². The van der Waals surface area contributed by atoms with Crippen molar-refractivity contribution in [2.45, 2.75) is 37.0 Å². The molecule has 4 rings (SSSR count). The van der Waals surface area contributed by atoms with Gasteiger partial charge in [0.1, 0.15) is 12.4 Å². The molecule has 1 aliphatic heterocycles. The van der Waals surface area contributed by atoms with Gasteiger partial charge in [0.05, 0.1) is 17.0 Å². The number of hydrogen-bond acceptors (Lipinski definition) is 4. The molecule has 160 valence electrons. The topological polar surface area (TPSA) is 75.7 Å². The van der Waals surface area contributed by atoms with Gasteiger partial charge >= 0.3 is 0 Å². The van der Waals surface area contributed by atoms with E-state index in [2.05, 4.69) is 33.4 Å². The van der Waals surface area contributed by atoms with Crippen molar-refractivity contribution in [1.29, 1.82) is 0 Å². The van der Waals surface area contributed by atoms with Gasteiger partial charge in [-0.1, -0.05) is 6.07 Å². The van der Waals surface area contributed by atoms with Crippen molar-refractivity contribution in [3.05, 3.63) is 57.6 Å². The van der Waals surface area contributed by atoms with E-state index >= 15 is 0 Å². The summed E-state index contributed by atoms with van der Waals surface area (Å²) in [5.74, 6) is 0.475. The Labute approximate surface area is 185 Å². The Kier molecular flexibility index (Phi) is 6.46. The maximum atomic E-state index is 12.8. The molecule has 1 fully saturated rings. The monoisotopic (exact) mass is 492 g/mol. The minimum atomic E-state index is -3.57. The van der Waals surface area contributed by atoms with Gasteiger partial charge in [-0.15, -0.1) is 0 Å². The Hall–Kier alpha value is -1.90. The molecular formula is C22H25BrN2O4S. The highest BCUT2D eigenvalue weighted by Gasteiger charge is 2.28. The van der Waals surface area contributed by atoms with Gasteiger partial charge in [-0.3, -0.25) is 4.79 Å². The molecule has 0 saturated carbocycles. The highest BCUT2D eigenvalue weighted by molar-refractivity contribution is 9.10. The van der Waals surface area contributed by atoms with E-state index in [1.807, 2.05) is 6.07 Å². The molecule has 2 aliphatic rings. The average molecular weight is 493 g/mol. The van der Waals surface area contributed by atoms with Crippen LogP contribution in [0, 0.1) is 0 Å². The van der Waals surface area contributed by atoms with Gasteiger partial charge in [0.25, 0.3) is 5.91 Å². The van der Waals surface area contributed by atoms with Crippen LogP contribution in [0.3, 0.4) is 0 Å². The first kappa shape index (κ1) is 21.3. The number of carbonyl (C=O) groups is 1. The van der Waals surface area contributed by atoms with E-state index < -0.39 is 10.0 Å². The van der Waals surface area contributed by atoms with Crippen molar-refractivity contribution < 1.29 is 17.9 Å². The van der Waals surface area contributed by atoms with Gasteiger partial charge in [-0.2, -0.15) is 4.31 Å². The Bertz CT molecular complexity index is 1050. The number of nitrogens with one attached hydrogen (secondary N) is 1. The van der Waals surface area contributed by atoms with Crippen LogP contribution < -0.4 is 10.1 Å². The maximum absolute atomic E-state index is 12.8. The van der Waals surface area contributed by atoms with Crippen LogP contribution in [-0.2, 0) is 22.9 Å². The van der Waals surface area contributed by atoms with Crippen LogP contribution in [0.1, 0.15) is 40.7 Å². The van der Waals surface area contributed by atoms with Crippen LogP contribution in [0.15, 0.2) is 45.8 Å². The smallest absolute Gasteiger partial charge is 0.252 e. The quantitative estimate of drug-likeness (QED) is 0.599. The van der Waals surface area contributed by atoms with Gasteiger partial charge in [-0.25, -0.2) is 8.42 Å². The molecule has 1 aliphatic carbocycles. The van der Waals surface area contributed by atoms with Crippen molar-refractivity contribution in [2.24, 2.45) is 0 Å². The zero-order valence-corrected chi connectivity index (χ0v) is 19.1. The average Bonchev–Trinajstić information content (AvgIpc) is 3.43. The van der Waals surface area contributed by atoms with E-state index in [4.69, 9.17) is 4.74 Å². The third-order valence-electron chi connectivity index (χ3n) is 5.61. The minimum Gasteiger partial charge on any atom is -0.492 e. The van der Waals surface area contributed by atoms with Gasteiger partial charge in [0, 0.05) is 17.6 Å². The molecule has 1 amide bonds. The lowest BCUT2D eigenvalue weighted by molar-refractivity contribution is 0.0946. The maximum Gasteiger partial charge on any atom is 0.252 e. The van der Waals surface area contributed by atoms with Crippen LogP contribution >= 0.6 is 15.9 Å². The zero-order valence-electron chi connectivity index (χ0n) is 16.7. The Balaban J connectivity index is 1.36. The highest BCUT2D eigenvalue weighted by Crippen LogP contribution is 2.27. The second kappa shape index (κ2) is 9.08. The predicted octanol–water partition coefficient (Wildman–Crippen LogP) is 3.53. The SMILES string of the molecule is O=C(NCCOc1ccc2c(c1)CCC2)c1cc(S(=O)(=O)N2CCCC2)ccc1Br. The normalized spacial score (nSPS) is 16.4.